The standard InChI is InChI=1S/C15H16F4N2O.ClH/c16-11-5-4-7(6-10(11)15(17,18)19)21-14(22)12-8-2-1-3-9(8)13(12)20;/h4-6,8-9,12-13H,1-3,20H2,(H,21,22);1H/t8-,9+,12+,13-;/m0./s1. The van der Waals surface area contributed by atoms with E-state index in [1.165, 1.54) is 0 Å². The Morgan fingerprint density at radius 3 is 2.52 bits per heavy atom. The van der Waals surface area contributed by atoms with E-state index in [0.717, 1.165) is 25.3 Å². The molecular formula is C15H17ClF4N2O. The fourth-order valence-corrected chi connectivity index (χ4v) is 3.76. The van der Waals surface area contributed by atoms with Crippen LogP contribution in [-0.2, 0) is 11.0 Å². The van der Waals surface area contributed by atoms with Crippen molar-refractivity contribution in [2.75, 3.05) is 5.32 Å². The number of carbonyl (C=O) groups excluding carboxylic acids is 1. The van der Waals surface area contributed by atoms with Crippen molar-refractivity contribution >= 4 is 24.0 Å². The molecular weight excluding hydrogens is 336 g/mol. The first-order valence-corrected chi connectivity index (χ1v) is 7.22. The maximum atomic E-state index is 13.2. The molecule has 1 amide bonds. The topological polar surface area (TPSA) is 55.1 Å². The molecule has 2 fully saturated rings. The summed E-state index contributed by atoms with van der Waals surface area (Å²) >= 11 is 0. The van der Waals surface area contributed by atoms with Crippen molar-refractivity contribution in [2.45, 2.75) is 31.5 Å². The summed E-state index contributed by atoms with van der Waals surface area (Å²) in [5.74, 6) is -1.55. The highest BCUT2D eigenvalue weighted by Crippen LogP contribution is 2.50. The summed E-state index contributed by atoms with van der Waals surface area (Å²) in [5.41, 5.74) is 4.54. The van der Waals surface area contributed by atoms with Crippen molar-refractivity contribution < 1.29 is 22.4 Å². The number of nitrogens with two attached hydrogens (primary N) is 1. The molecule has 2 aliphatic carbocycles. The number of nitrogens with one attached hydrogen (secondary N) is 1. The van der Waals surface area contributed by atoms with Crippen LogP contribution in [0.5, 0.6) is 0 Å². The number of benzene rings is 1. The van der Waals surface area contributed by atoms with Gasteiger partial charge in [0.15, 0.2) is 0 Å². The lowest BCUT2D eigenvalue weighted by Crippen LogP contribution is -2.58. The predicted octanol–water partition coefficient (Wildman–Crippen LogP) is 3.58. The molecule has 0 aliphatic heterocycles. The van der Waals surface area contributed by atoms with Gasteiger partial charge in [-0.1, -0.05) is 6.42 Å². The smallest absolute Gasteiger partial charge is 0.327 e. The second-order valence-corrected chi connectivity index (χ2v) is 6.04. The molecule has 3 N–H and O–H groups in total. The molecule has 4 atom stereocenters. The van der Waals surface area contributed by atoms with E-state index in [1.54, 1.807) is 0 Å². The third-order valence-corrected chi connectivity index (χ3v) is 4.84. The van der Waals surface area contributed by atoms with Crippen LogP contribution in [0.4, 0.5) is 23.2 Å². The van der Waals surface area contributed by atoms with Gasteiger partial charge in [0.1, 0.15) is 5.82 Å². The first-order valence-electron chi connectivity index (χ1n) is 7.22. The number of carbonyl (C=O) groups is 1. The fourth-order valence-electron chi connectivity index (χ4n) is 3.76. The van der Waals surface area contributed by atoms with E-state index in [1.807, 2.05) is 0 Å². The molecule has 0 spiro atoms. The summed E-state index contributed by atoms with van der Waals surface area (Å²) in [4.78, 5) is 12.2. The molecule has 0 aromatic heterocycles. The zero-order valence-corrected chi connectivity index (χ0v) is 12.9. The summed E-state index contributed by atoms with van der Waals surface area (Å²) in [6, 6.07) is 2.20. The van der Waals surface area contributed by atoms with Gasteiger partial charge in [0, 0.05) is 11.7 Å². The molecule has 2 aliphatic rings. The number of rotatable bonds is 2. The third kappa shape index (κ3) is 3.17. The highest BCUT2D eigenvalue weighted by atomic mass is 35.5. The minimum absolute atomic E-state index is 0. The zero-order chi connectivity index (χ0) is 16.1. The van der Waals surface area contributed by atoms with Crippen molar-refractivity contribution in [2.24, 2.45) is 23.5 Å². The summed E-state index contributed by atoms with van der Waals surface area (Å²) in [5, 5.41) is 2.44. The van der Waals surface area contributed by atoms with Crippen molar-refractivity contribution in [1.82, 2.24) is 0 Å². The highest BCUT2D eigenvalue weighted by molar-refractivity contribution is 5.94. The van der Waals surface area contributed by atoms with Crippen LogP contribution >= 0.6 is 12.4 Å². The summed E-state index contributed by atoms with van der Waals surface area (Å²) in [7, 11) is 0. The van der Waals surface area contributed by atoms with E-state index in [2.05, 4.69) is 5.32 Å². The second-order valence-electron chi connectivity index (χ2n) is 6.04. The number of halogens is 5. The van der Waals surface area contributed by atoms with Crippen LogP contribution in [0, 0.1) is 23.6 Å². The van der Waals surface area contributed by atoms with Gasteiger partial charge in [-0.25, -0.2) is 4.39 Å². The molecule has 2 saturated carbocycles. The quantitative estimate of drug-likeness (QED) is 0.799. The first-order chi connectivity index (χ1) is 10.3. The van der Waals surface area contributed by atoms with E-state index in [-0.39, 0.29) is 41.9 Å². The highest BCUT2D eigenvalue weighted by Gasteiger charge is 2.53. The third-order valence-electron chi connectivity index (χ3n) is 4.84. The number of hydrogen-bond acceptors (Lipinski definition) is 2. The van der Waals surface area contributed by atoms with Gasteiger partial charge in [0.25, 0.3) is 0 Å². The lowest BCUT2D eigenvalue weighted by atomic mass is 9.62. The number of fused-ring (bicyclic) bond motifs is 1. The first kappa shape index (κ1) is 18.0. The Labute approximate surface area is 137 Å². The molecule has 0 heterocycles. The lowest BCUT2D eigenvalue weighted by Gasteiger charge is -2.45. The summed E-state index contributed by atoms with van der Waals surface area (Å²) in [6.07, 6.45) is -1.84. The van der Waals surface area contributed by atoms with Crippen molar-refractivity contribution in [3.05, 3.63) is 29.6 Å². The number of amides is 1. The van der Waals surface area contributed by atoms with E-state index in [0.29, 0.717) is 18.1 Å². The van der Waals surface area contributed by atoms with Crippen LogP contribution in [0.1, 0.15) is 24.8 Å². The lowest BCUT2D eigenvalue weighted by molar-refractivity contribution is -0.140. The van der Waals surface area contributed by atoms with Crippen LogP contribution in [0.15, 0.2) is 18.2 Å². The predicted molar refractivity (Wildman–Crippen MR) is 79.6 cm³/mol. The van der Waals surface area contributed by atoms with Gasteiger partial charge in [0.05, 0.1) is 11.5 Å². The molecule has 0 saturated heterocycles. The maximum absolute atomic E-state index is 13.2. The molecule has 0 unspecified atom stereocenters. The van der Waals surface area contributed by atoms with Gasteiger partial charge >= 0.3 is 6.18 Å². The minimum atomic E-state index is -4.80. The van der Waals surface area contributed by atoms with Gasteiger partial charge in [-0.3, -0.25) is 4.79 Å². The van der Waals surface area contributed by atoms with E-state index in [9.17, 15) is 22.4 Å². The Hall–Kier alpha value is -1.34. The number of hydrogen-bond donors (Lipinski definition) is 2. The Morgan fingerprint density at radius 1 is 1.22 bits per heavy atom. The van der Waals surface area contributed by atoms with E-state index in [4.69, 9.17) is 5.73 Å². The Bertz CT molecular complexity index is 608. The largest absolute Gasteiger partial charge is 0.419 e. The van der Waals surface area contributed by atoms with Crippen molar-refractivity contribution in [3.63, 3.8) is 0 Å². The van der Waals surface area contributed by atoms with Gasteiger partial charge in [-0.15, -0.1) is 12.4 Å². The van der Waals surface area contributed by atoms with Gasteiger partial charge in [-0.05, 0) is 42.9 Å². The van der Waals surface area contributed by atoms with Crippen LogP contribution < -0.4 is 11.1 Å². The molecule has 8 heteroatoms. The van der Waals surface area contributed by atoms with Gasteiger partial charge in [0.2, 0.25) is 5.91 Å². The molecule has 1 aromatic carbocycles. The Morgan fingerprint density at radius 2 is 1.87 bits per heavy atom. The Kier molecular flexibility index (Phi) is 4.92. The number of anilines is 1. The van der Waals surface area contributed by atoms with Crippen LogP contribution in [-0.4, -0.2) is 11.9 Å². The van der Waals surface area contributed by atoms with Crippen LogP contribution in [0.3, 0.4) is 0 Å². The molecule has 128 valence electrons. The minimum Gasteiger partial charge on any atom is -0.327 e. The van der Waals surface area contributed by atoms with Crippen molar-refractivity contribution in [1.29, 1.82) is 0 Å². The average Bonchev–Trinajstić information content (AvgIpc) is 2.83. The zero-order valence-electron chi connectivity index (χ0n) is 12.1. The SMILES string of the molecule is Cl.N[C@H]1[C@@H]2CCC[C@@H]2[C@H]1C(=O)Nc1ccc(F)c(C(F)(F)F)c1. The van der Waals surface area contributed by atoms with E-state index >= 15 is 0 Å². The van der Waals surface area contributed by atoms with Crippen LogP contribution in [0.25, 0.3) is 0 Å². The van der Waals surface area contributed by atoms with Gasteiger partial charge in [-0.2, -0.15) is 13.2 Å². The average molecular weight is 353 g/mol. The molecule has 3 rings (SSSR count). The summed E-state index contributed by atoms with van der Waals surface area (Å²) < 4.78 is 51.2. The van der Waals surface area contributed by atoms with Crippen LogP contribution in [0.2, 0.25) is 0 Å². The van der Waals surface area contributed by atoms with Crippen molar-refractivity contribution in [3.8, 4) is 0 Å². The molecule has 1 aromatic rings. The molecule has 3 nitrogen and oxygen atoms in total. The maximum Gasteiger partial charge on any atom is 0.419 e. The van der Waals surface area contributed by atoms with E-state index < -0.39 is 17.6 Å². The number of alkyl halides is 3. The summed E-state index contributed by atoms with van der Waals surface area (Å²) in [6.45, 7) is 0. The van der Waals surface area contributed by atoms with Gasteiger partial charge < -0.3 is 11.1 Å². The molecule has 23 heavy (non-hydrogen) atoms. The molecule has 0 radical (unpaired) electrons. The second kappa shape index (κ2) is 6.28. The fraction of sp³-hybridized carbons (Fsp3) is 0.533. The monoisotopic (exact) mass is 352 g/mol. The Balaban J connectivity index is 0.00000192. The molecule has 0 bridgehead atoms. The normalized spacial score (nSPS) is 29.3.